The Morgan fingerprint density at radius 1 is 1.37 bits per heavy atom. The van der Waals surface area contributed by atoms with Gasteiger partial charge in [-0.1, -0.05) is 5.16 Å². The average Bonchev–Trinajstić information content (AvgIpc) is 2.77. The Morgan fingerprint density at radius 3 is 2.74 bits per heavy atom. The van der Waals surface area contributed by atoms with E-state index in [4.69, 9.17) is 4.52 Å². The molecule has 100 valence electrons. The molecule has 0 atom stereocenters. The number of nitrogens with one attached hydrogen (secondary N) is 2. The van der Waals surface area contributed by atoms with Crippen molar-refractivity contribution in [3.05, 3.63) is 41.9 Å². The molecule has 0 aliphatic heterocycles. The van der Waals surface area contributed by atoms with Gasteiger partial charge in [0.1, 0.15) is 11.6 Å². The summed E-state index contributed by atoms with van der Waals surface area (Å²) in [6.45, 7) is 2.20. The van der Waals surface area contributed by atoms with Gasteiger partial charge in [0, 0.05) is 24.7 Å². The Morgan fingerprint density at radius 2 is 2.11 bits per heavy atom. The Kier molecular flexibility index (Phi) is 4.12. The van der Waals surface area contributed by atoms with E-state index in [9.17, 15) is 9.18 Å². The van der Waals surface area contributed by atoms with Crippen molar-refractivity contribution in [2.75, 3.05) is 17.2 Å². The number of nitrogens with zero attached hydrogens (tertiary/aromatic N) is 1. The second-order valence-electron chi connectivity index (χ2n) is 4.05. The monoisotopic (exact) mass is 263 g/mol. The summed E-state index contributed by atoms with van der Waals surface area (Å²) < 4.78 is 17.5. The molecule has 0 spiro atoms. The van der Waals surface area contributed by atoms with E-state index in [0.717, 1.165) is 5.69 Å². The Hall–Kier alpha value is -2.37. The number of rotatable bonds is 5. The molecular formula is C13H14FN3O2. The van der Waals surface area contributed by atoms with Crippen LogP contribution in [0.2, 0.25) is 0 Å². The number of aromatic nitrogens is 1. The maximum Gasteiger partial charge on any atom is 0.227 e. The van der Waals surface area contributed by atoms with Crippen LogP contribution in [0.5, 0.6) is 0 Å². The highest BCUT2D eigenvalue weighted by atomic mass is 19.1. The minimum atomic E-state index is -0.287. The Bertz CT molecular complexity index is 551. The number of benzene rings is 1. The molecule has 6 heteroatoms. The van der Waals surface area contributed by atoms with Crippen molar-refractivity contribution in [1.82, 2.24) is 5.16 Å². The fraction of sp³-hybridized carbons (Fsp3) is 0.231. The number of carbonyl (C=O) groups excluding carboxylic acids is 1. The molecule has 2 N–H and O–H groups in total. The van der Waals surface area contributed by atoms with Crippen LogP contribution in [0.3, 0.4) is 0 Å². The van der Waals surface area contributed by atoms with Gasteiger partial charge in [0.25, 0.3) is 0 Å². The molecule has 2 rings (SSSR count). The fourth-order valence-electron chi connectivity index (χ4n) is 1.52. The number of hydrogen-bond donors (Lipinski definition) is 2. The van der Waals surface area contributed by atoms with E-state index in [1.54, 1.807) is 25.1 Å². The largest absolute Gasteiger partial charge is 0.385 e. The van der Waals surface area contributed by atoms with Crippen LogP contribution in [0.1, 0.15) is 12.2 Å². The molecule has 0 saturated carbocycles. The number of amides is 1. The van der Waals surface area contributed by atoms with Crippen molar-refractivity contribution in [1.29, 1.82) is 0 Å². The van der Waals surface area contributed by atoms with Crippen LogP contribution in [0, 0.1) is 12.7 Å². The van der Waals surface area contributed by atoms with Crippen LogP contribution in [-0.4, -0.2) is 17.6 Å². The highest BCUT2D eigenvalue weighted by Gasteiger charge is 2.05. The Balaban J connectivity index is 1.73. The second kappa shape index (κ2) is 5.99. The van der Waals surface area contributed by atoms with E-state index in [1.165, 1.54) is 12.1 Å². The zero-order valence-corrected chi connectivity index (χ0v) is 10.4. The van der Waals surface area contributed by atoms with Gasteiger partial charge in [0.15, 0.2) is 5.82 Å². The average molecular weight is 263 g/mol. The third kappa shape index (κ3) is 4.09. The van der Waals surface area contributed by atoms with Gasteiger partial charge in [-0.3, -0.25) is 4.79 Å². The third-order valence-corrected chi connectivity index (χ3v) is 2.42. The van der Waals surface area contributed by atoms with Gasteiger partial charge in [-0.05, 0) is 31.2 Å². The van der Waals surface area contributed by atoms with Crippen molar-refractivity contribution < 1.29 is 13.7 Å². The predicted octanol–water partition coefficient (Wildman–Crippen LogP) is 2.56. The normalized spacial score (nSPS) is 10.2. The zero-order valence-electron chi connectivity index (χ0n) is 10.4. The molecule has 1 heterocycles. The predicted molar refractivity (Wildman–Crippen MR) is 69.4 cm³/mol. The summed E-state index contributed by atoms with van der Waals surface area (Å²) in [7, 11) is 0. The fourth-order valence-corrected chi connectivity index (χ4v) is 1.52. The lowest BCUT2D eigenvalue weighted by Gasteiger charge is -2.05. The van der Waals surface area contributed by atoms with Gasteiger partial charge in [-0.2, -0.15) is 0 Å². The van der Waals surface area contributed by atoms with E-state index in [0.29, 0.717) is 18.1 Å². The molecule has 0 aliphatic carbocycles. The first kappa shape index (κ1) is 13.1. The molecule has 2 aromatic rings. The second-order valence-corrected chi connectivity index (χ2v) is 4.05. The molecule has 5 nitrogen and oxygen atoms in total. The lowest BCUT2D eigenvalue weighted by atomic mass is 10.3. The molecule has 1 amide bonds. The molecular weight excluding hydrogens is 249 g/mol. The van der Waals surface area contributed by atoms with Crippen LogP contribution < -0.4 is 10.6 Å². The van der Waals surface area contributed by atoms with Crippen molar-refractivity contribution in [2.45, 2.75) is 13.3 Å². The number of anilines is 2. The third-order valence-electron chi connectivity index (χ3n) is 2.42. The standard InChI is InChI=1S/C13H14FN3O2/c1-9-8-12(17-19-9)16-13(18)6-7-15-11-4-2-10(14)3-5-11/h2-5,8,15H,6-7H2,1H3,(H,16,17,18). The lowest BCUT2D eigenvalue weighted by Crippen LogP contribution is -2.16. The number of halogens is 1. The van der Waals surface area contributed by atoms with Crippen LogP contribution in [0.15, 0.2) is 34.9 Å². The molecule has 1 aromatic carbocycles. The summed E-state index contributed by atoms with van der Waals surface area (Å²) in [6.07, 6.45) is 0.281. The summed E-state index contributed by atoms with van der Waals surface area (Å²) in [4.78, 5) is 11.6. The maximum absolute atomic E-state index is 12.7. The van der Waals surface area contributed by atoms with Gasteiger partial charge >= 0.3 is 0 Å². The topological polar surface area (TPSA) is 67.2 Å². The van der Waals surface area contributed by atoms with Crippen LogP contribution >= 0.6 is 0 Å². The van der Waals surface area contributed by atoms with Crippen molar-refractivity contribution in [3.8, 4) is 0 Å². The van der Waals surface area contributed by atoms with E-state index in [-0.39, 0.29) is 18.1 Å². The van der Waals surface area contributed by atoms with Crippen LogP contribution in [0.4, 0.5) is 15.9 Å². The molecule has 19 heavy (non-hydrogen) atoms. The number of aryl methyl sites for hydroxylation is 1. The maximum atomic E-state index is 12.7. The molecule has 0 fully saturated rings. The van der Waals surface area contributed by atoms with Crippen molar-refractivity contribution >= 4 is 17.4 Å². The van der Waals surface area contributed by atoms with Gasteiger partial charge < -0.3 is 15.2 Å². The van der Waals surface area contributed by atoms with Crippen LogP contribution in [0.25, 0.3) is 0 Å². The van der Waals surface area contributed by atoms with E-state index in [1.807, 2.05) is 0 Å². The minimum Gasteiger partial charge on any atom is -0.385 e. The van der Waals surface area contributed by atoms with Crippen molar-refractivity contribution in [2.24, 2.45) is 0 Å². The summed E-state index contributed by atoms with van der Waals surface area (Å²) >= 11 is 0. The summed E-state index contributed by atoms with van der Waals surface area (Å²) in [5, 5.41) is 9.30. The molecule has 0 unspecified atom stereocenters. The van der Waals surface area contributed by atoms with Crippen molar-refractivity contribution in [3.63, 3.8) is 0 Å². The van der Waals surface area contributed by atoms with Crippen LogP contribution in [-0.2, 0) is 4.79 Å². The smallest absolute Gasteiger partial charge is 0.227 e. The van der Waals surface area contributed by atoms with E-state index >= 15 is 0 Å². The Labute approximate surface area is 109 Å². The number of hydrogen-bond acceptors (Lipinski definition) is 4. The highest BCUT2D eigenvalue weighted by molar-refractivity contribution is 5.89. The summed E-state index contributed by atoms with van der Waals surface area (Å²) in [6, 6.07) is 7.61. The first-order valence-corrected chi connectivity index (χ1v) is 5.86. The lowest BCUT2D eigenvalue weighted by molar-refractivity contribution is -0.116. The summed E-state index contributed by atoms with van der Waals surface area (Å²) in [5.41, 5.74) is 0.770. The zero-order chi connectivity index (χ0) is 13.7. The quantitative estimate of drug-likeness (QED) is 0.870. The molecule has 0 saturated heterocycles. The molecule has 0 bridgehead atoms. The van der Waals surface area contributed by atoms with Gasteiger partial charge in [-0.25, -0.2) is 4.39 Å². The highest BCUT2D eigenvalue weighted by Crippen LogP contribution is 2.09. The molecule has 1 aromatic heterocycles. The first-order chi connectivity index (χ1) is 9.13. The molecule has 0 aliphatic rings. The minimum absolute atomic E-state index is 0.164. The summed E-state index contributed by atoms with van der Waals surface area (Å²) in [5.74, 6) is 0.594. The van der Waals surface area contributed by atoms with E-state index < -0.39 is 0 Å². The number of carbonyl (C=O) groups is 1. The van der Waals surface area contributed by atoms with Gasteiger partial charge in [0.2, 0.25) is 5.91 Å². The SMILES string of the molecule is Cc1cc(NC(=O)CCNc2ccc(F)cc2)no1. The van der Waals surface area contributed by atoms with E-state index in [2.05, 4.69) is 15.8 Å². The first-order valence-electron chi connectivity index (χ1n) is 5.86. The van der Waals surface area contributed by atoms with Gasteiger partial charge in [0.05, 0.1) is 0 Å². The van der Waals surface area contributed by atoms with Gasteiger partial charge in [-0.15, -0.1) is 0 Å². The molecule has 0 radical (unpaired) electrons.